The highest BCUT2D eigenvalue weighted by atomic mass is 35.5. The number of halogens is 5. The van der Waals surface area contributed by atoms with Crippen LogP contribution in [0.15, 0.2) is 58.1 Å². The topological polar surface area (TPSA) is 133 Å². The number of ether oxygens (including phenoxy) is 1. The molecule has 5 rings (SSSR count). The molecule has 0 N–H and O–H groups in total. The van der Waals surface area contributed by atoms with Gasteiger partial charge >= 0.3 is 6.18 Å². The van der Waals surface area contributed by atoms with E-state index >= 15 is 0 Å². The molecule has 0 bridgehead atoms. The lowest BCUT2D eigenvalue weighted by Crippen LogP contribution is -2.40. The van der Waals surface area contributed by atoms with Crippen molar-refractivity contribution in [2.45, 2.75) is 49.7 Å². The number of hydrogen-bond acceptors (Lipinski definition) is 10. The Bertz CT molecular complexity index is 1790. The summed E-state index contributed by atoms with van der Waals surface area (Å²) in [6.07, 6.45) is -0.313. The maximum absolute atomic E-state index is 13.0. The van der Waals surface area contributed by atoms with Crippen LogP contribution in [-0.4, -0.2) is 54.4 Å². The Labute approximate surface area is 263 Å². The number of nitrogens with zero attached hydrogens (tertiary/aromatic N) is 4. The first-order chi connectivity index (χ1) is 21.1. The zero-order valence-corrected chi connectivity index (χ0v) is 26.2. The molecule has 1 saturated carbocycles. The molecule has 2 heterocycles. The van der Waals surface area contributed by atoms with E-state index in [1.807, 2.05) is 0 Å². The molecule has 0 aliphatic heterocycles. The fourth-order valence-electron chi connectivity index (χ4n) is 4.10. The number of anilines is 1. The van der Waals surface area contributed by atoms with Crippen molar-refractivity contribution >= 4 is 50.2 Å². The van der Waals surface area contributed by atoms with Crippen LogP contribution in [0.2, 0.25) is 5.02 Å². The summed E-state index contributed by atoms with van der Waals surface area (Å²) < 4.78 is 84.1. The van der Waals surface area contributed by atoms with Gasteiger partial charge in [-0.3, -0.25) is 9.59 Å². The largest absolute Gasteiger partial charge is 0.459 e. The highest BCUT2D eigenvalue weighted by Gasteiger charge is 2.36. The summed E-state index contributed by atoms with van der Waals surface area (Å²) in [5, 5.41) is 8.65. The second kappa shape index (κ2) is 13.6. The number of rotatable bonds is 9. The van der Waals surface area contributed by atoms with E-state index in [4.69, 9.17) is 20.9 Å². The number of benzene rings is 2. The van der Waals surface area contributed by atoms with E-state index in [1.54, 1.807) is 13.8 Å². The number of carbonyl (C=O) groups is 2. The number of hydrogen-bond donors (Lipinski definition) is 0. The molecular formula is C28H25ClF4N4O6S2. The fourth-order valence-corrected chi connectivity index (χ4v) is 5.80. The van der Waals surface area contributed by atoms with Gasteiger partial charge in [-0.2, -0.15) is 13.2 Å². The summed E-state index contributed by atoms with van der Waals surface area (Å²) in [4.78, 5) is 26.2. The van der Waals surface area contributed by atoms with Gasteiger partial charge in [-0.1, -0.05) is 33.2 Å². The average molecular weight is 689 g/mol. The molecule has 17 heteroatoms. The summed E-state index contributed by atoms with van der Waals surface area (Å²) in [5.41, 5.74) is 0.866. The molecule has 1 amide bonds. The van der Waals surface area contributed by atoms with Gasteiger partial charge in [0.2, 0.25) is 5.01 Å². The Hall–Kier alpha value is -3.89. The van der Waals surface area contributed by atoms with Crippen LogP contribution < -0.4 is 9.64 Å². The molecule has 240 valence electrons. The van der Waals surface area contributed by atoms with Crippen molar-refractivity contribution in [2.75, 3.05) is 17.8 Å². The molecule has 10 nitrogen and oxygen atoms in total. The van der Waals surface area contributed by atoms with E-state index in [0.717, 1.165) is 19.1 Å². The molecule has 0 saturated heterocycles. The SMILES string of the molecule is CC(C)N(C(=O)COc1nnc(C(F)(F)F)s1)c1ccc(F)cc1.CS(=O)(=O)c1cc(Cl)ccc1C(=O)c1cnoc1C1CC1. The predicted octanol–water partition coefficient (Wildman–Crippen LogP) is 6.36. The van der Waals surface area contributed by atoms with Crippen LogP contribution in [0, 0.1) is 5.82 Å². The van der Waals surface area contributed by atoms with Crippen molar-refractivity contribution < 1.29 is 44.8 Å². The first-order valence-electron chi connectivity index (χ1n) is 13.2. The summed E-state index contributed by atoms with van der Waals surface area (Å²) >= 11 is 6.05. The fraction of sp³-hybridized carbons (Fsp3) is 0.321. The molecule has 4 aromatic rings. The molecule has 0 unspecified atom stereocenters. The van der Waals surface area contributed by atoms with Gasteiger partial charge in [0.15, 0.2) is 28.0 Å². The van der Waals surface area contributed by atoms with Crippen molar-refractivity contribution in [1.29, 1.82) is 0 Å². The van der Waals surface area contributed by atoms with Crippen LogP contribution in [0.3, 0.4) is 0 Å². The molecule has 0 atom stereocenters. The highest BCUT2D eigenvalue weighted by molar-refractivity contribution is 7.90. The van der Waals surface area contributed by atoms with Gasteiger partial charge in [0.25, 0.3) is 11.1 Å². The number of aromatic nitrogens is 3. The molecular weight excluding hydrogens is 664 g/mol. The lowest BCUT2D eigenvalue weighted by molar-refractivity contribution is -0.138. The van der Waals surface area contributed by atoms with Crippen molar-refractivity contribution in [3.63, 3.8) is 0 Å². The standard InChI is InChI=1S/C14H12ClNO4S.C14H13F4N3O2S/c1-21(18,19)12-6-9(15)4-5-10(12)13(17)11-7-16-20-14(11)8-2-3-8;1-8(2)21(10-5-3-9(15)4-6-10)11(22)7-23-13-20-19-12(24-13)14(16,17)18/h4-8H,2-3H2,1H3;3-6,8H,7H2,1-2H3. The third-order valence-corrected chi connectivity index (χ3v) is 8.49. The van der Waals surface area contributed by atoms with Crippen molar-refractivity contribution in [3.05, 3.63) is 81.4 Å². The van der Waals surface area contributed by atoms with Crippen LogP contribution in [0.25, 0.3) is 0 Å². The van der Waals surface area contributed by atoms with Crippen molar-refractivity contribution in [2.24, 2.45) is 0 Å². The second-order valence-corrected chi connectivity index (χ2v) is 13.5. The second-order valence-electron chi connectivity index (χ2n) is 10.1. The van der Waals surface area contributed by atoms with Crippen LogP contribution >= 0.6 is 22.9 Å². The third kappa shape index (κ3) is 8.64. The van der Waals surface area contributed by atoms with Crippen molar-refractivity contribution in [3.8, 4) is 5.19 Å². The van der Waals surface area contributed by atoms with Crippen molar-refractivity contribution in [1.82, 2.24) is 15.4 Å². The van der Waals surface area contributed by atoms with Gasteiger partial charge < -0.3 is 14.2 Å². The summed E-state index contributed by atoms with van der Waals surface area (Å²) in [6.45, 7) is 2.98. The summed E-state index contributed by atoms with van der Waals surface area (Å²) in [7, 11) is -3.57. The smallest absolute Gasteiger partial charge is 0.445 e. The average Bonchev–Trinajstić information content (AvgIpc) is 3.46. The van der Waals surface area contributed by atoms with Gasteiger partial charge in [-0.15, -0.1) is 5.10 Å². The Morgan fingerprint density at radius 3 is 2.33 bits per heavy atom. The molecule has 0 spiro atoms. The molecule has 1 aliphatic rings. The van der Waals surface area contributed by atoms with Gasteiger partial charge in [-0.05, 0) is 69.2 Å². The number of carbonyl (C=O) groups excluding carboxylic acids is 2. The monoisotopic (exact) mass is 688 g/mol. The van der Waals surface area contributed by atoms with Gasteiger partial charge in [0.05, 0.1) is 16.7 Å². The van der Waals surface area contributed by atoms with Crippen LogP contribution in [0.5, 0.6) is 5.19 Å². The van der Waals surface area contributed by atoms with Crippen LogP contribution in [0.1, 0.15) is 59.3 Å². The summed E-state index contributed by atoms with van der Waals surface area (Å²) in [6, 6.07) is 9.22. The number of sulfone groups is 1. The van der Waals surface area contributed by atoms with Gasteiger partial charge in [0, 0.05) is 34.5 Å². The maximum atomic E-state index is 13.0. The lowest BCUT2D eigenvalue weighted by Gasteiger charge is -2.26. The molecule has 2 aromatic heterocycles. The van der Waals surface area contributed by atoms with E-state index in [2.05, 4.69) is 15.4 Å². The molecule has 1 aliphatic carbocycles. The predicted molar refractivity (Wildman–Crippen MR) is 156 cm³/mol. The Kier molecular flexibility index (Phi) is 10.3. The van der Waals surface area contributed by atoms with Gasteiger partial charge in [-0.25, -0.2) is 12.8 Å². The van der Waals surface area contributed by atoms with E-state index in [0.29, 0.717) is 17.0 Å². The molecule has 1 fully saturated rings. The lowest BCUT2D eigenvalue weighted by atomic mass is 10.0. The zero-order valence-electron chi connectivity index (χ0n) is 23.8. The quantitative estimate of drug-likeness (QED) is 0.146. The van der Waals surface area contributed by atoms with E-state index in [1.165, 1.54) is 53.6 Å². The summed E-state index contributed by atoms with van der Waals surface area (Å²) in [5.74, 6) is -0.606. The molecule has 0 radical (unpaired) electrons. The zero-order chi connectivity index (χ0) is 33.1. The normalized spacial score (nSPS) is 13.3. The van der Waals surface area contributed by atoms with E-state index in [-0.39, 0.29) is 44.0 Å². The van der Waals surface area contributed by atoms with Crippen LogP contribution in [-0.2, 0) is 20.8 Å². The third-order valence-electron chi connectivity index (χ3n) is 6.24. The maximum Gasteiger partial charge on any atom is 0.445 e. The minimum Gasteiger partial charge on any atom is -0.459 e. The Morgan fingerprint density at radius 2 is 1.78 bits per heavy atom. The molecule has 45 heavy (non-hydrogen) atoms. The number of ketones is 1. The number of alkyl halides is 3. The Morgan fingerprint density at radius 1 is 1.11 bits per heavy atom. The van der Waals surface area contributed by atoms with E-state index in [9.17, 15) is 35.6 Å². The minimum absolute atomic E-state index is 0.0806. The minimum atomic E-state index is -4.61. The van der Waals surface area contributed by atoms with Gasteiger partial charge in [0.1, 0.15) is 5.82 Å². The van der Waals surface area contributed by atoms with Crippen LogP contribution in [0.4, 0.5) is 23.2 Å². The Balaban J connectivity index is 0.000000206. The first-order valence-corrected chi connectivity index (χ1v) is 16.2. The van der Waals surface area contributed by atoms with E-state index < -0.39 is 45.1 Å². The first kappa shape index (κ1) is 34.0. The highest BCUT2D eigenvalue weighted by Crippen LogP contribution is 2.42. The molecule has 2 aromatic carbocycles. The number of amides is 1.